The molecule has 3 N–H and O–H groups in total. The minimum atomic E-state index is -0.560. The minimum Gasteiger partial charge on any atom is -0.506 e. The van der Waals surface area contributed by atoms with Gasteiger partial charge in [-0.15, -0.1) is 0 Å². The van der Waals surface area contributed by atoms with Crippen LogP contribution in [0.5, 0.6) is 5.75 Å². The Morgan fingerprint density at radius 3 is 2.68 bits per heavy atom. The van der Waals surface area contributed by atoms with Gasteiger partial charge in [-0.25, -0.2) is 9.89 Å². The lowest BCUT2D eigenvalue weighted by atomic mass is 10.2. The van der Waals surface area contributed by atoms with Gasteiger partial charge in [0.25, 0.3) is 0 Å². The van der Waals surface area contributed by atoms with Crippen LogP contribution in [-0.2, 0) is 0 Å². The summed E-state index contributed by atoms with van der Waals surface area (Å²) in [5.41, 5.74) is 2.75. The van der Waals surface area contributed by atoms with Gasteiger partial charge in [0.15, 0.2) is 5.82 Å². The lowest BCUT2D eigenvalue weighted by molar-refractivity contribution is 0.468. The fourth-order valence-corrected chi connectivity index (χ4v) is 2.42. The van der Waals surface area contributed by atoms with E-state index in [-0.39, 0.29) is 11.6 Å². The number of phenolic OH excluding ortho intramolecular Hbond substituents is 1. The van der Waals surface area contributed by atoms with Gasteiger partial charge in [-0.3, -0.25) is 5.43 Å². The molecule has 0 radical (unpaired) electrons. The van der Waals surface area contributed by atoms with Gasteiger partial charge in [-0.05, 0) is 49.6 Å². The Labute approximate surface area is 124 Å². The number of aromatic hydroxyl groups is 1. The summed E-state index contributed by atoms with van der Waals surface area (Å²) in [7, 11) is 0. The van der Waals surface area contributed by atoms with Crippen molar-refractivity contribution in [3.05, 3.63) is 43.3 Å². The van der Waals surface area contributed by atoms with Gasteiger partial charge in [0.2, 0.25) is 0 Å². The largest absolute Gasteiger partial charge is 0.506 e. The van der Waals surface area contributed by atoms with Crippen LogP contribution in [0.15, 0.2) is 37.2 Å². The fourth-order valence-electron chi connectivity index (χ4n) is 1.20. The first-order chi connectivity index (χ1) is 9.06. The van der Waals surface area contributed by atoms with Gasteiger partial charge < -0.3 is 5.11 Å². The molecule has 7 nitrogen and oxygen atoms in total. The zero-order chi connectivity index (χ0) is 13.8. The summed E-state index contributed by atoms with van der Waals surface area (Å²) < 4.78 is 1.08. The van der Waals surface area contributed by atoms with E-state index in [2.05, 4.69) is 57.6 Å². The van der Waals surface area contributed by atoms with Crippen LogP contribution in [0.3, 0.4) is 0 Å². The van der Waals surface area contributed by atoms with Crippen molar-refractivity contribution in [2.24, 2.45) is 5.10 Å². The maximum Gasteiger partial charge on any atom is 0.363 e. The van der Waals surface area contributed by atoms with E-state index >= 15 is 0 Å². The number of halogens is 2. The third kappa shape index (κ3) is 3.61. The average Bonchev–Trinajstić information content (AvgIpc) is 2.36. The Balaban J connectivity index is 2.13. The Morgan fingerprint density at radius 1 is 1.37 bits per heavy atom. The number of hydrogen-bond acceptors (Lipinski definition) is 6. The number of rotatable bonds is 3. The summed E-state index contributed by atoms with van der Waals surface area (Å²) in [6.07, 6.45) is 2.85. The molecule has 2 aromatic rings. The molecule has 0 saturated carbocycles. The molecule has 19 heavy (non-hydrogen) atoms. The summed E-state index contributed by atoms with van der Waals surface area (Å²) in [6.45, 7) is 0. The molecule has 0 saturated heterocycles. The SMILES string of the molecule is O=c1nc(N/N=C\c2cc(Br)c(O)c(Br)c2)cn[nH]1. The molecule has 0 amide bonds. The minimum absolute atomic E-state index is 0.116. The number of hydrogen-bond donors (Lipinski definition) is 3. The van der Waals surface area contributed by atoms with E-state index in [4.69, 9.17) is 0 Å². The van der Waals surface area contributed by atoms with Gasteiger partial charge >= 0.3 is 5.69 Å². The van der Waals surface area contributed by atoms with Crippen LogP contribution in [-0.4, -0.2) is 26.5 Å². The number of aromatic amines is 1. The van der Waals surface area contributed by atoms with E-state index in [1.54, 1.807) is 12.1 Å². The highest BCUT2D eigenvalue weighted by atomic mass is 79.9. The molecule has 1 heterocycles. The first-order valence-corrected chi connectivity index (χ1v) is 6.53. The average molecular weight is 389 g/mol. The molecule has 0 spiro atoms. The maximum atomic E-state index is 10.9. The second kappa shape index (κ2) is 5.93. The third-order valence-electron chi connectivity index (χ3n) is 2.00. The lowest BCUT2D eigenvalue weighted by Crippen LogP contribution is -2.13. The van der Waals surface area contributed by atoms with Crippen LogP contribution in [0.2, 0.25) is 0 Å². The molecule has 0 unspecified atom stereocenters. The molecule has 9 heteroatoms. The molecular formula is C10H7Br2N5O2. The zero-order valence-electron chi connectivity index (χ0n) is 9.26. The highest BCUT2D eigenvalue weighted by Crippen LogP contribution is 2.32. The molecule has 1 aromatic heterocycles. The van der Waals surface area contributed by atoms with E-state index in [1.165, 1.54) is 12.4 Å². The predicted molar refractivity (Wildman–Crippen MR) is 77.4 cm³/mol. The van der Waals surface area contributed by atoms with Crippen molar-refractivity contribution in [1.29, 1.82) is 0 Å². The summed E-state index contributed by atoms with van der Waals surface area (Å²) in [6, 6.07) is 3.38. The van der Waals surface area contributed by atoms with Crippen LogP contribution >= 0.6 is 31.9 Å². The summed E-state index contributed by atoms with van der Waals surface area (Å²) in [5, 5.41) is 19.2. The summed E-state index contributed by atoms with van der Waals surface area (Å²) >= 11 is 6.43. The van der Waals surface area contributed by atoms with Crippen molar-refractivity contribution >= 4 is 43.9 Å². The van der Waals surface area contributed by atoms with Crippen molar-refractivity contribution in [2.75, 3.05) is 5.43 Å². The number of hydrazone groups is 1. The molecule has 0 aliphatic heterocycles. The zero-order valence-corrected chi connectivity index (χ0v) is 12.4. The van der Waals surface area contributed by atoms with Crippen molar-refractivity contribution in [3.63, 3.8) is 0 Å². The number of benzene rings is 1. The molecule has 0 atom stereocenters. The molecule has 0 aliphatic rings. The number of H-pyrrole nitrogens is 1. The summed E-state index contributed by atoms with van der Waals surface area (Å²) in [4.78, 5) is 14.5. The van der Waals surface area contributed by atoms with Crippen LogP contribution in [0.4, 0.5) is 5.82 Å². The van der Waals surface area contributed by atoms with Gasteiger partial charge in [-0.2, -0.15) is 15.2 Å². The normalized spacial score (nSPS) is 10.8. The Morgan fingerprint density at radius 2 is 2.05 bits per heavy atom. The number of phenols is 1. The highest BCUT2D eigenvalue weighted by Gasteiger charge is 2.04. The van der Waals surface area contributed by atoms with Crippen LogP contribution in [0.1, 0.15) is 5.56 Å². The first kappa shape index (κ1) is 13.7. The van der Waals surface area contributed by atoms with Crippen LogP contribution in [0, 0.1) is 0 Å². The van der Waals surface area contributed by atoms with E-state index in [9.17, 15) is 9.90 Å². The smallest absolute Gasteiger partial charge is 0.363 e. The molecule has 1 aromatic carbocycles. The molecular weight excluding hydrogens is 382 g/mol. The van der Waals surface area contributed by atoms with Gasteiger partial charge in [0, 0.05) is 0 Å². The lowest BCUT2D eigenvalue weighted by Gasteiger charge is -2.02. The number of aromatic nitrogens is 3. The Kier molecular flexibility index (Phi) is 4.27. The van der Waals surface area contributed by atoms with Gasteiger partial charge in [0.1, 0.15) is 5.75 Å². The van der Waals surface area contributed by atoms with E-state index < -0.39 is 5.69 Å². The van der Waals surface area contributed by atoms with Crippen molar-refractivity contribution < 1.29 is 5.11 Å². The quantitative estimate of drug-likeness (QED) is 0.549. The topological polar surface area (TPSA) is 103 Å². The Bertz CT molecular complexity index is 663. The van der Waals surface area contributed by atoms with Gasteiger partial charge in [-0.1, -0.05) is 0 Å². The Hall–Kier alpha value is -1.74. The fraction of sp³-hybridized carbons (Fsp3) is 0. The number of anilines is 1. The van der Waals surface area contributed by atoms with Crippen LogP contribution in [0.25, 0.3) is 0 Å². The molecule has 2 rings (SSSR count). The van der Waals surface area contributed by atoms with Gasteiger partial charge in [0.05, 0.1) is 21.4 Å². The highest BCUT2D eigenvalue weighted by molar-refractivity contribution is 9.11. The van der Waals surface area contributed by atoms with Crippen molar-refractivity contribution in [2.45, 2.75) is 0 Å². The predicted octanol–water partition coefficient (Wildman–Crippen LogP) is 1.84. The van der Waals surface area contributed by atoms with E-state index in [0.717, 1.165) is 5.56 Å². The van der Waals surface area contributed by atoms with Crippen molar-refractivity contribution in [1.82, 2.24) is 15.2 Å². The maximum absolute atomic E-state index is 10.9. The number of nitrogens with zero attached hydrogens (tertiary/aromatic N) is 3. The molecule has 98 valence electrons. The van der Waals surface area contributed by atoms with Crippen molar-refractivity contribution in [3.8, 4) is 5.75 Å². The molecule has 0 fully saturated rings. The first-order valence-electron chi connectivity index (χ1n) is 4.95. The van der Waals surface area contributed by atoms with Crippen LogP contribution < -0.4 is 11.1 Å². The standard InChI is InChI=1S/C10H7Br2N5O2/c11-6-1-5(2-7(12)9(6)18)3-13-16-8-4-14-17-10(19)15-8/h1-4,18H,(H2,15,16,17,19)/b13-3-. The summed E-state index contributed by atoms with van der Waals surface area (Å²) in [5.74, 6) is 0.350. The van der Waals surface area contributed by atoms with E-state index in [0.29, 0.717) is 8.95 Å². The second-order valence-corrected chi connectivity index (χ2v) is 5.08. The molecule has 0 bridgehead atoms. The monoisotopic (exact) mass is 387 g/mol. The number of nitrogens with one attached hydrogen (secondary N) is 2. The van der Waals surface area contributed by atoms with E-state index in [1.807, 2.05) is 0 Å². The second-order valence-electron chi connectivity index (χ2n) is 3.38. The molecule has 0 aliphatic carbocycles. The third-order valence-corrected chi connectivity index (χ3v) is 3.21.